The van der Waals surface area contributed by atoms with Crippen LogP contribution >= 0.6 is 11.9 Å². The maximum atomic E-state index is 11.7. The first kappa shape index (κ1) is 22.9. The average molecular weight is 464 g/mol. The van der Waals surface area contributed by atoms with Gasteiger partial charge in [0.15, 0.2) is 0 Å². The fraction of sp³-hybridized carbons (Fsp3) is 0.870. The van der Waals surface area contributed by atoms with Gasteiger partial charge in [0.05, 0.1) is 17.7 Å². The molecule has 4 aliphatic heterocycles. The molecule has 5 heterocycles. The van der Waals surface area contributed by atoms with Gasteiger partial charge in [0.25, 0.3) is 5.56 Å². The molecule has 0 saturated carbocycles. The number of nitrogens with one attached hydrogen (secondary N) is 5. The van der Waals surface area contributed by atoms with Gasteiger partial charge in [0.2, 0.25) is 0 Å². The Hall–Kier alpha value is -0.840. The van der Waals surface area contributed by atoms with Crippen LogP contribution in [0.15, 0.2) is 17.1 Å². The van der Waals surface area contributed by atoms with Crippen LogP contribution in [-0.2, 0) is 0 Å². The summed E-state index contributed by atoms with van der Waals surface area (Å²) in [4.78, 5) is 14.5. The van der Waals surface area contributed by atoms with Crippen LogP contribution in [0.3, 0.4) is 0 Å². The van der Waals surface area contributed by atoms with Crippen LogP contribution in [0.1, 0.15) is 71.4 Å². The van der Waals surface area contributed by atoms with Gasteiger partial charge in [-0.05, 0) is 77.7 Å². The number of hydrogen-bond donors (Lipinski definition) is 5. The zero-order valence-electron chi connectivity index (χ0n) is 19.6. The molecule has 9 heteroatoms. The van der Waals surface area contributed by atoms with Crippen molar-refractivity contribution in [3.63, 3.8) is 0 Å². The lowest BCUT2D eigenvalue weighted by atomic mass is 9.90. The van der Waals surface area contributed by atoms with E-state index in [1.54, 1.807) is 6.07 Å². The van der Waals surface area contributed by atoms with Crippen LogP contribution in [0.2, 0.25) is 0 Å². The molecule has 4 saturated heterocycles. The van der Waals surface area contributed by atoms with E-state index in [9.17, 15) is 4.79 Å². The minimum absolute atomic E-state index is 0.0254. The molecule has 5 rings (SSSR count). The van der Waals surface area contributed by atoms with Crippen LogP contribution in [0.5, 0.6) is 0 Å². The van der Waals surface area contributed by atoms with Crippen molar-refractivity contribution in [2.75, 3.05) is 19.6 Å². The Morgan fingerprint density at radius 1 is 1.09 bits per heavy atom. The van der Waals surface area contributed by atoms with E-state index in [0.717, 1.165) is 38.4 Å². The Kier molecular flexibility index (Phi) is 7.02. The van der Waals surface area contributed by atoms with E-state index in [0.29, 0.717) is 23.6 Å². The van der Waals surface area contributed by atoms with Gasteiger partial charge >= 0.3 is 0 Å². The van der Waals surface area contributed by atoms with Gasteiger partial charge in [-0.15, -0.1) is 0 Å². The van der Waals surface area contributed by atoms with Crippen molar-refractivity contribution in [2.24, 2.45) is 11.8 Å². The van der Waals surface area contributed by atoms with Crippen molar-refractivity contribution < 1.29 is 0 Å². The molecule has 6 unspecified atom stereocenters. The van der Waals surface area contributed by atoms with Crippen molar-refractivity contribution >= 4 is 11.9 Å². The largest absolute Gasteiger partial charge is 0.302 e. The third kappa shape index (κ3) is 5.13. The van der Waals surface area contributed by atoms with Crippen molar-refractivity contribution in [2.45, 2.75) is 94.6 Å². The van der Waals surface area contributed by atoms with Gasteiger partial charge in [-0.3, -0.25) is 34.8 Å². The van der Waals surface area contributed by atoms with E-state index in [4.69, 9.17) is 0 Å². The molecule has 4 fully saturated rings. The molecule has 8 nitrogen and oxygen atoms in total. The smallest absolute Gasteiger partial charge is 0.264 e. The van der Waals surface area contributed by atoms with E-state index in [2.05, 4.69) is 44.5 Å². The summed E-state index contributed by atoms with van der Waals surface area (Å²) in [6, 6.07) is 1.62. The lowest BCUT2D eigenvalue weighted by Gasteiger charge is -2.47. The van der Waals surface area contributed by atoms with Gasteiger partial charge in [0, 0.05) is 36.8 Å². The molecule has 0 radical (unpaired) electrons. The van der Waals surface area contributed by atoms with Crippen molar-refractivity contribution in [3.05, 3.63) is 22.6 Å². The fourth-order valence-corrected chi connectivity index (χ4v) is 7.46. The topological polar surface area (TPSA) is 89.1 Å². The average Bonchev–Trinajstić information content (AvgIpc) is 3.33. The number of aromatic amines is 1. The molecular weight excluding hydrogens is 422 g/mol. The first-order valence-corrected chi connectivity index (χ1v) is 13.5. The van der Waals surface area contributed by atoms with Gasteiger partial charge < -0.3 is 5.32 Å². The normalized spacial score (nSPS) is 40.8. The van der Waals surface area contributed by atoms with Crippen LogP contribution in [-0.4, -0.2) is 57.6 Å². The molecule has 180 valence electrons. The lowest BCUT2D eigenvalue weighted by molar-refractivity contribution is 0.00938. The number of fused-ring (bicyclic) bond motifs is 6. The summed E-state index contributed by atoms with van der Waals surface area (Å²) in [6.07, 6.45) is 12.5. The van der Waals surface area contributed by atoms with Crippen LogP contribution in [0, 0.1) is 11.8 Å². The second-order valence-electron chi connectivity index (χ2n) is 10.9. The zero-order valence-corrected chi connectivity index (χ0v) is 20.4. The van der Waals surface area contributed by atoms with Crippen LogP contribution in [0.4, 0.5) is 0 Å². The van der Waals surface area contributed by atoms with Crippen molar-refractivity contribution in [1.29, 1.82) is 0 Å². The van der Waals surface area contributed by atoms with E-state index >= 15 is 0 Å². The number of hydrogen-bond acceptors (Lipinski definition) is 7. The molecule has 32 heavy (non-hydrogen) atoms. The minimum atomic E-state index is -0.0254. The predicted molar refractivity (Wildman–Crippen MR) is 130 cm³/mol. The molecule has 0 aromatic carbocycles. The quantitative estimate of drug-likeness (QED) is 0.408. The predicted octanol–water partition coefficient (Wildman–Crippen LogP) is 2.15. The molecule has 0 amide bonds. The summed E-state index contributed by atoms with van der Waals surface area (Å²) >= 11 is 1.88. The SMILES string of the molecule is CC1(C)C[C@@H]2CCCNC3CCCC(N3)SNCC3CCC(n4ccc(=O)[nH]4)NC3N1C2. The Morgan fingerprint density at radius 2 is 2.00 bits per heavy atom. The highest BCUT2D eigenvalue weighted by Crippen LogP contribution is 2.40. The summed E-state index contributed by atoms with van der Waals surface area (Å²) < 4.78 is 5.72. The number of piperidine rings is 2. The highest BCUT2D eigenvalue weighted by molar-refractivity contribution is 7.98. The maximum Gasteiger partial charge on any atom is 0.264 e. The van der Waals surface area contributed by atoms with E-state index in [1.165, 1.54) is 38.5 Å². The molecule has 0 spiro atoms. The van der Waals surface area contributed by atoms with Gasteiger partial charge in [-0.25, -0.2) is 0 Å². The first-order chi connectivity index (χ1) is 15.5. The van der Waals surface area contributed by atoms with E-state index in [1.807, 2.05) is 22.8 Å². The van der Waals surface area contributed by atoms with Gasteiger partial charge in [0.1, 0.15) is 6.17 Å². The Labute approximate surface area is 196 Å². The highest BCUT2D eigenvalue weighted by Gasteiger charge is 2.46. The van der Waals surface area contributed by atoms with Crippen molar-refractivity contribution in [3.8, 4) is 0 Å². The summed E-state index contributed by atoms with van der Waals surface area (Å²) in [5.74, 6) is 1.29. The Morgan fingerprint density at radius 3 is 2.84 bits per heavy atom. The second kappa shape index (κ2) is 9.80. The number of rotatable bonds is 1. The van der Waals surface area contributed by atoms with Crippen molar-refractivity contribution in [1.82, 2.24) is 35.4 Å². The minimum Gasteiger partial charge on any atom is -0.302 e. The summed E-state index contributed by atoms with van der Waals surface area (Å²) in [5, 5.41) is 15.0. The lowest BCUT2D eigenvalue weighted by Crippen LogP contribution is -2.60. The van der Waals surface area contributed by atoms with E-state index < -0.39 is 0 Å². The standard InChI is InChI=1S/C23H41N7OS/c1-23(2)13-16-5-4-11-24-18-6-3-7-21(26-18)32-25-14-17-8-9-19(27-22(17)29(23)15-16)30-12-10-20(31)28-30/h10,12,16-19,21-22,24-27H,3-9,11,13-15H2,1-2H3,(H,28,31)/t16-,17?,18?,19?,21?,22?/m0/s1. The Bertz CT molecular complexity index is 810. The van der Waals surface area contributed by atoms with Gasteiger partial charge in [-0.1, -0.05) is 11.9 Å². The molecule has 5 N–H and O–H groups in total. The summed E-state index contributed by atoms with van der Waals surface area (Å²) in [6.45, 7) is 8.11. The molecule has 4 aliphatic rings. The molecule has 4 bridgehead atoms. The fourth-order valence-electron chi connectivity index (χ4n) is 6.43. The summed E-state index contributed by atoms with van der Waals surface area (Å²) in [5.41, 5.74) is 0.157. The molecular formula is C23H41N7OS. The first-order valence-electron chi connectivity index (χ1n) is 12.7. The molecule has 0 aliphatic carbocycles. The third-order valence-electron chi connectivity index (χ3n) is 8.04. The maximum absolute atomic E-state index is 11.7. The zero-order chi connectivity index (χ0) is 22.1. The second-order valence-corrected chi connectivity index (χ2v) is 12.0. The van der Waals surface area contributed by atoms with Crippen LogP contribution < -0.4 is 26.2 Å². The molecule has 7 atom stereocenters. The summed E-state index contributed by atoms with van der Waals surface area (Å²) in [7, 11) is 0. The monoisotopic (exact) mass is 463 g/mol. The molecule has 1 aromatic rings. The third-order valence-corrected chi connectivity index (χ3v) is 9.03. The number of H-pyrrole nitrogens is 1. The van der Waals surface area contributed by atoms with E-state index in [-0.39, 0.29) is 17.3 Å². The highest BCUT2D eigenvalue weighted by atomic mass is 32.2. The molecule has 1 aromatic heterocycles. The van der Waals surface area contributed by atoms with Crippen LogP contribution in [0.25, 0.3) is 0 Å². The number of nitrogens with zero attached hydrogens (tertiary/aromatic N) is 2. The van der Waals surface area contributed by atoms with Gasteiger partial charge in [-0.2, -0.15) is 0 Å². The number of aromatic nitrogens is 2. The Balaban J connectivity index is 1.35.